The average molecular weight is 332 g/mol. The number of carbonyl (C=O) groups excluding carboxylic acids is 2. The predicted octanol–water partition coefficient (Wildman–Crippen LogP) is 1.93. The molecule has 1 unspecified atom stereocenters. The van der Waals surface area contributed by atoms with Crippen LogP contribution in [0.1, 0.15) is 37.8 Å². The van der Waals surface area contributed by atoms with E-state index in [1.54, 1.807) is 18.2 Å². The summed E-state index contributed by atoms with van der Waals surface area (Å²) >= 11 is 0. The molecule has 1 aliphatic carbocycles. The molecule has 1 atom stereocenters. The SMILES string of the molecule is COCCN(Cc1ccccn1)C(=O)C1CC(=O)OC12CCCC2. The van der Waals surface area contributed by atoms with Crippen LogP contribution in [0.5, 0.6) is 0 Å². The average Bonchev–Trinajstić information content (AvgIpc) is 3.18. The lowest BCUT2D eigenvalue weighted by molar-refractivity contribution is -0.152. The Morgan fingerprint density at radius 2 is 2.21 bits per heavy atom. The van der Waals surface area contributed by atoms with Gasteiger partial charge in [-0.2, -0.15) is 0 Å². The lowest BCUT2D eigenvalue weighted by Gasteiger charge is -2.32. The quantitative estimate of drug-likeness (QED) is 0.745. The maximum absolute atomic E-state index is 13.2. The molecule has 1 aromatic rings. The van der Waals surface area contributed by atoms with Gasteiger partial charge in [0, 0.05) is 19.9 Å². The highest BCUT2D eigenvalue weighted by atomic mass is 16.6. The summed E-state index contributed by atoms with van der Waals surface area (Å²) in [7, 11) is 1.62. The molecule has 0 bridgehead atoms. The highest BCUT2D eigenvalue weighted by Gasteiger charge is 2.54. The van der Waals surface area contributed by atoms with E-state index in [0.29, 0.717) is 19.7 Å². The van der Waals surface area contributed by atoms with Crippen LogP contribution in [-0.2, 0) is 25.6 Å². The van der Waals surface area contributed by atoms with Gasteiger partial charge in [-0.1, -0.05) is 6.07 Å². The summed E-state index contributed by atoms with van der Waals surface area (Å²) < 4.78 is 10.8. The molecule has 0 radical (unpaired) electrons. The van der Waals surface area contributed by atoms with Gasteiger partial charge in [0.15, 0.2) is 0 Å². The standard InChI is InChI=1S/C18H24N2O4/c1-23-11-10-20(13-14-6-2-5-9-19-14)17(22)15-12-16(21)24-18(15)7-3-4-8-18/h2,5-6,9,15H,3-4,7-8,10-13H2,1H3. The van der Waals surface area contributed by atoms with Crippen LogP contribution in [-0.4, -0.2) is 47.6 Å². The number of aromatic nitrogens is 1. The number of ether oxygens (including phenoxy) is 2. The van der Waals surface area contributed by atoms with E-state index in [1.807, 2.05) is 18.2 Å². The van der Waals surface area contributed by atoms with Gasteiger partial charge in [0.25, 0.3) is 0 Å². The van der Waals surface area contributed by atoms with Crippen molar-refractivity contribution in [2.75, 3.05) is 20.3 Å². The Labute approximate surface area is 142 Å². The van der Waals surface area contributed by atoms with E-state index in [2.05, 4.69) is 4.98 Å². The number of hydrogen-bond donors (Lipinski definition) is 0. The van der Waals surface area contributed by atoms with Crippen molar-refractivity contribution in [3.8, 4) is 0 Å². The minimum absolute atomic E-state index is 0.0227. The lowest BCUT2D eigenvalue weighted by atomic mass is 9.84. The van der Waals surface area contributed by atoms with Crippen LogP contribution in [0.15, 0.2) is 24.4 Å². The van der Waals surface area contributed by atoms with Gasteiger partial charge < -0.3 is 14.4 Å². The molecule has 6 nitrogen and oxygen atoms in total. The highest BCUT2D eigenvalue weighted by Crippen LogP contribution is 2.46. The molecule has 1 aromatic heterocycles. The van der Waals surface area contributed by atoms with Gasteiger partial charge in [0.05, 0.1) is 31.2 Å². The predicted molar refractivity (Wildman–Crippen MR) is 86.9 cm³/mol. The molecule has 2 aliphatic rings. The van der Waals surface area contributed by atoms with Crippen molar-refractivity contribution in [3.05, 3.63) is 30.1 Å². The van der Waals surface area contributed by atoms with E-state index in [1.165, 1.54) is 0 Å². The summed E-state index contributed by atoms with van der Waals surface area (Å²) in [6.07, 6.45) is 5.50. The molecule has 2 fully saturated rings. The summed E-state index contributed by atoms with van der Waals surface area (Å²) in [4.78, 5) is 31.1. The Morgan fingerprint density at radius 3 is 2.88 bits per heavy atom. The third-order valence-corrected chi connectivity index (χ3v) is 5.03. The zero-order chi connectivity index (χ0) is 17.0. The number of esters is 1. The topological polar surface area (TPSA) is 68.7 Å². The number of carbonyl (C=O) groups is 2. The molecule has 1 amide bonds. The summed E-state index contributed by atoms with van der Waals surface area (Å²) in [5.74, 6) is -0.654. The first-order valence-electron chi connectivity index (χ1n) is 8.54. The second kappa shape index (κ2) is 7.30. The van der Waals surface area contributed by atoms with Crippen LogP contribution in [0.4, 0.5) is 0 Å². The van der Waals surface area contributed by atoms with Gasteiger partial charge >= 0.3 is 5.97 Å². The minimum Gasteiger partial charge on any atom is -0.458 e. The summed E-state index contributed by atoms with van der Waals surface area (Å²) in [5.41, 5.74) is 0.247. The molecule has 24 heavy (non-hydrogen) atoms. The first-order chi connectivity index (χ1) is 11.6. The number of hydrogen-bond acceptors (Lipinski definition) is 5. The van der Waals surface area contributed by atoms with Crippen molar-refractivity contribution < 1.29 is 19.1 Å². The molecule has 0 aromatic carbocycles. The molecule has 1 saturated carbocycles. The number of rotatable bonds is 6. The van der Waals surface area contributed by atoms with Crippen LogP contribution < -0.4 is 0 Å². The minimum atomic E-state index is -0.580. The number of nitrogens with zero attached hydrogens (tertiary/aromatic N) is 2. The van der Waals surface area contributed by atoms with Gasteiger partial charge in [-0.15, -0.1) is 0 Å². The van der Waals surface area contributed by atoms with Gasteiger partial charge in [-0.25, -0.2) is 0 Å². The molecule has 130 valence electrons. The van der Waals surface area contributed by atoms with E-state index in [4.69, 9.17) is 9.47 Å². The summed E-state index contributed by atoms with van der Waals surface area (Å²) in [6, 6.07) is 5.65. The fourth-order valence-corrected chi connectivity index (χ4v) is 3.80. The van der Waals surface area contributed by atoms with E-state index in [9.17, 15) is 9.59 Å². The molecule has 0 N–H and O–H groups in total. The van der Waals surface area contributed by atoms with Crippen molar-refractivity contribution in [1.82, 2.24) is 9.88 Å². The van der Waals surface area contributed by atoms with Crippen LogP contribution in [0.2, 0.25) is 0 Å². The number of pyridine rings is 1. The molecule has 3 rings (SSSR count). The van der Waals surface area contributed by atoms with E-state index < -0.39 is 5.60 Å². The Morgan fingerprint density at radius 1 is 1.42 bits per heavy atom. The van der Waals surface area contributed by atoms with E-state index in [0.717, 1.165) is 31.4 Å². The Hall–Kier alpha value is -1.95. The third-order valence-electron chi connectivity index (χ3n) is 5.03. The smallest absolute Gasteiger partial charge is 0.307 e. The van der Waals surface area contributed by atoms with Gasteiger partial charge in [0.1, 0.15) is 5.60 Å². The summed E-state index contributed by atoms with van der Waals surface area (Å²) in [5, 5.41) is 0. The normalized spacial score (nSPS) is 21.9. The Bertz CT molecular complexity index is 584. The molecule has 2 heterocycles. The van der Waals surface area contributed by atoms with Gasteiger partial charge in [0.2, 0.25) is 5.91 Å². The van der Waals surface area contributed by atoms with Gasteiger partial charge in [-0.05, 0) is 37.8 Å². The monoisotopic (exact) mass is 332 g/mol. The maximum atomic E-state index is 13.2. The van der Waals surface area contributed by atoms with Crippen molar-refractivity contribution in [2.24, 2.45) is 5.92 Å². The zero-order valence-corrected chi connectivity index (χ0v) is 14.1. The molecule has 1 spiro atoms. The first-order valence-corrected chi connectivity index (χ1v) is 8.54. The largest absolute Gasteiger partial charge is 0.458 e. The van der Waals surface area contributed by atoms with Crippen molar-refractivity contribution in [3.63, 3.8) is 0 Å². The second-order valence-electron chi connectivity index (χ2n) is 6.58. The van der Waals surface area contributed by atoms with Crippen molar-refractivity contribution >= 4 is 11.9 Å². The van der Waals surface area contributed by atoms with Crippen molar-refractivity contribution in [1.29, 1.82) is 0 Å². The Balaban J connectivity index is 1.78. The van der Waals surface area contributed by atoms with Crippen molar-refractivity contribution in [2.45, 2.75) is 44.2 Å². The first kappa shape index (κ1) is 16.9. The second-order valence-corrected chi connectivity index (χ2v) is 6.58. The molecular weight excluding hydrogens is 308 g/mol. The van der Waals surface area contributed by atoms with Crippen LogP contribution in [0.3, 0.4) is 0 Å². The maximum Gasteiger partial charge on any atom is 0.307 e. The molecule has 6 heteroatoms. The third kappa shape index (κ3) is 3.43. The number of methoxy groups -OCH3 is 1. The zero-order valence-electron chi connectivity index (χ0n) is 14.1. The Kier molecular flexibility index (Phi) is 5.14. The van der Waals surface area contributed by atoms with E-state index >= 15 is 0 Å². The fraction of sp³-hybridized carbons (Fsp3) is 0.611. The molecular formula is C18H24N2O4. The number of amides is 1. The molecule has 1 saturated heterocycles. The van der Waals surface area contributed by atoms with Crippen LogP contribution in [0, 0.1) is 5.92 Å². The van der Waals surface area contributed by atoms with Gasteiger partial charge in [-0.3, -0.25) is 14.6 Å². The van der Waals surface area contributed by atoms with E-state index in [-0.39, 0.29) is 24.2 Å². The van der Waals surface area contributed by atoms with Crippen LogP contribution in [0.25, 0.3) is 0 Å². The highest BCUT2D eigenvalue weighted by molar-refractivity contribution is 5.88. The lowest BCUT2D eigenvalue weighted by Crippen LogP contribution is -2.45. The fourth-order valence-electron chi connectivity index (χ4n) is 3.80. The van der Waals surface area contributed by atoms with Crippen LogP contribution >= 0.6 is 0 Å². The molecule has 1 aliphatic heterocycles. The summed E-state index contributed by atoms with van der Waals surface area (Å²) in [6.45, 7) is 1.35.